The van der Waals surface area contributed by atoms with Crippen LogP contribution >= 0.6 is 11.6 Å². The lowest BCUT2D eigenvalue weighted by Gasteiger charge is -2.10. The van der Waals surface area contributed by atoms with E-state index in [0.29, 0.717) is 5.69 Å². The molecule has 1 aromatic carbocycles. The Labute approximate surface area is 123 Å². The molecule has 108 valence electrons. The number of carbonyl (C=O) groups excluding carboxylic acids is 1. The van der Waals surface area contributed by atoms with E-state index in [1.165, 1.54) is 13.0 Å². The van der Waals surface area contributed by atoms with Crippen molar-refractivity contribution in [1.29, 1.82) is 0 Å². The molecule has 8 nitrogen and oxygen atoms in total. The second-order valence-corrected chi connectivity index (χ2v) is 4.21. The van der Waals surface area contributed by atoms with E-state index in [1.807, 2.05) is 0 Å². The predicted molar refractivity (Wildman–Crippen MR) is 74.5 cm³/mol. The van der Waals surface area contributed by atoms with Gasteiger partial charge in [-0.15, -0.1) is 0 Å². The molecular weight excluding hydrogens is 300 g/mol. The van der Waals surface area contributed by atoms with E-state index in [0.717, 1.165) is 6.33 Å². The molecule has 0 bridgehead atoms. The van der Waals surface area contributed by atoms with Crippen LogP contribution in [0.2, 0.25) is 5.15 Å². The standard InChI is InChI=1S/C12H9ClN4O4/c1-7(18)16-8-4-2-3-5-9(8)21-12-10(17(19)20)11(13)14-6-15-12/h2-6H,1H3,(H,16,18). The summed E-state index contributed by atoms with van der Waals surface area (Å²) in [6.07, 6.45) is 1.05. The molecule has 0 aliphatic rings. The summed E-state index contributed by atoms with van der Waals surface area (Å²) in [5.74, 6) is -0.412. The van der Waals surface area contributed by atoms with Crippen LogP contribution < -0.4 is 10.1 Å². The van der Waals surface area contributed by atoms with Gasteiger partial charge in [-0.05, 0) is 12.1 Å². The number of aromatic nitrogens is 2. The number of carbonyl (C=O) groups is 1. The molecule has 2 aromatic rings. The van der Waals surface area contributed by atoms with E-state index >= 15 is 0 Å². The molecule has 2 rings (SSSR count). The lowest BCUT2D eigenvalue weighted by atomic mass is 10.3. The van der Waals surface area contributed by atoms with Crippen molar-refractivity contribution in [3.8, 4) is 11.6 Å². The first-order valence-electron chi connectivity index (χ1n) is 5.68. The predicted octanol–water partition coefficient (Wildman–Crippen LogP) is 2.79. The highest BCUT2D eigenvalue weighted by Crippen LogP contribution is 2.36. The molecule has 0 atom stereocenters. The van der Waals surface area contributed by atoms with Crippen LogP contribution in [0.4, 0.5) is 11.4 Å². The molecule has 1 N–H and O–H groups in total. The van der Waals surface area contributed by atoms with Gasteiger partial charge in [0, 0.05) is 6.92 Å². The van der Waals surface area contributed by atoms with Crippen LogP contribution in [0.1, 0.15) is 6.92 Å². The Kier molecular flexibility index (Phi) is 4.29. The second-order valence-electron chi connectivity index (χ2n) is 3.85. The summed E-state index contributed by atoms with van der Waals surface area (Å²) in [4.78, 5) is 28.6. The monoisotopic (exact) mass is 308 g/mol. The van der Waals surface area contributed by atoms with Crippen LogP contribution in [0.25, 0.3) is 0 Å². The number of para-hydroxylation sites is 2. The molecule has 0 saturated carbocycles. The number of rotatable bonds is 4. The minimum Gasteiger partial charge on any atom is -0.431 e. The third-order valence-corrected chi connectivity index (χ3v) is 2.61. The molecule has 9 heteroatoms. The number of ether oxygens (including phenoxy) is 1. The Morgan fingerprint density at radius 3 is 2.76 bits per heavy atom. The van der Waals surface area contributed by atoms with Crippen molar-refractivity contribution >= 4 is 28.9 Å². The molecule has 21 heavy (non-hydrogen) atoms. The summed E-state index contributed by atoms with van der Waals surface area (Å²) < 4.78 is 5.39. The Morgan fingerprint density at radius 1 is 1.38 bits per heavy atom. The SMILES string of the molecule is CC(=O)Nc1ccccc1Oc1ncnc(Cl)c1[N+](=O)[O-]. The first-order valence-corrected chi connectivity index (χ1v) is 6.06. The molecule has 0 aliphatic carbocycles. The minimum absolute atomic E-state index is 0.200. The van der Waals surface area contributed by atoms with Gasteiger partial charge in [0.15, 0.2) is 5.75 Å². The maximum absolute atomic E-state index is 11.1. The minimum atomic E-state index is -0.737. The van der Waals surface area contributed by atoms with E-state index in [9.17, 15) is 14.9 Å². The van der Waals surface area contributed by atoms with Crippen LogP contribution in [0.15, 0.2) is 30.6 Å². The molecule has 0 unspecified atom stereocenters. The molecule has 0 aliphatic heterocycles. The number of nitro groups is 1. The van der Waals surface area contributed by atoms with Gasteiger partial charge in [-0.2, -0.15) is 4.98 Å². The molecular formula is C12H9ClN4O4. The highest BCUT2D eigenvalue weighted by molar-refractivity contribution is 6.31. The van der Waals surface area contributed by atoms with Crippen molar-refractivity contribution < 1.29 is 14.5 Å². The zero-order valence-corrected chi connectivity index (χ0v) is 11.5. The van der Waals surface area contributed by atoms with Crippen LogP contribution in [0.3, 0.4) is 0 Å². The molecule has 1 heterocycles. The largest absolute Gasteiger partial charge is 0.431 e. The van der Waals surface area contributed by atoms with Crippen molar-refractivity contribution in [3.05, 3.63) is 45.9 Å². The second kappa shape index (κ2) is 6.14. The van der Waals surface area contributed by atoms with Crippen LogP contribution in [0.5, 0.6) is 11.6 Å². The van der Waals surface area contributed by atoms with Gasteiger partial charge < -0.3 is 10.1 Å². The Balaban J connectivity index is 2.42. The van der Waals surface area contributed by atoms with E-state index in [4.69, 9.17) is 16.3 Å². The Hall–Kier alpha value is -2.74. The summed E-state index contributed by atoms with van der Waals surface area (Å²) in [7, 11) is 0. The zero-order valence-electron chi connectivity index (χ0n) is 10.7. The van der Waals surface area contributed by atoms with Crippen molar-refractivity contribution in [1.82, 2.24) is 9.97 Å². The third kappa shape index (κ3) is 3.42. The average Bonchev–Trinajstić information content (AvgIpc) is 2.40. The maximum Gasteiger partial charge on any atom is 0.368 e. The molecule has 0 fully saturated rings. The summed E-state index contributed by atoms with van der Waals surface area (Å²) in [6, 6.07) is 6.45. The van der Waals surface area contributed by atoms with E-state index in [2.05, 4.69) is 15.3 Å². The van der Waals surface area contributed by atoms with E-state index < -0.39 is 10.6 Å². The zero-order chi connectivity index (χ0) is 15.4. The topological polar surface area (TPSA) is 107 Å². The normalized spacial score (nSPS) is 10.0. The number of amides is 1. The van der Waals surface area contributed by atoms with Gasteiger partial charge in [0.05, 0.1) is 10.6 Å². The molecule has 0 saturated heterocycles. The van der Waals surface area contributed by atoms with Crippen molar-refractivity contribution in [2.75, 3.05) is 5.32 Å². The van der Waals surface area contributed by atoms with Crippen molar-refractivity contribution in [3.63, 3.8) is 0 Å². The van der Waals surface area contributed by atoms with Gasteiger partial charge in [0.2, 0.25) is 11.1 Å². The molecule has 0 spiro atoms. The maximum atomic E-state index is 11.1. The van der Waals surface area contributed by atoms with E-state index in [1.54, 1.807) is 18.2 Å². The first-order chi connectivity index (χ1) is 9.99. The van der Waals surface area contributed by atoms with Crippen molar-refractivity contribution in [2.45, 2.75) is 6.92 Å². The summed E-state index contributed by atoms with van der Waals surface area (Å²) >= 11 is 5.67. The van der Waals surface area contributed by atoms with Crippen LogP contribution in [-0.2, 0) is 4.79 Å². The number of nitrogens with zero attached hydrogens (tertiary/aromatic N) is 3. The molecule has 1 aromatic heterocycles. The van der Waals surface area contributed by atoms with Crippen molar-refractivity contribution in [2.24, 2.45) is 0 Å². The van der Waals surface area contributed by atoms with Gasteiger partial charge >= 0.3 is 11.6 Å². The molecule has 0 radical (unpaired) electrons. The third-order valence-electron chi connectivity index (χ3n) is 2.33. The van der Waals surface area contributed by atoms with Gasteiger partial charge in [-0.25, -0.2) is 4.98 Å². The van der Waals surface area contributed by atoms with E-state index in [-0.39, 0.29) is 22.7 Å². The Morgan fingerprint density at radius 2 is 2.10 bits per heavy atom. The number of hydrogen-bond donors (Lipinski definition) is 1. The lowest BCUT2D eigenvalue weighted by molar-refractivity contribution is -0.386. The lowest BCUT2D eigenvalue weighted by Crippen LogP contribution is -2.07. The Bertz CT molecular complexity index is 707. The average molecular weight is 309 g/mol. The first kappa shape index (κ1) is 14.7. The summed E-state index contributed by atoms with van der Waals surface area (Å²) in [6.45, 7) is 1.33. The van der Waals surface area contributed by atoms with Crippen LogP contribution in [0, 0.1) is 10.1 Å². The fourth-order valence-electron chi connectivity index (χ4n) is 1.52. The number of benzene rings is 1. The highest BCUT2D eigenvalue weighted by Gasteiger charge is 2.24. The van der Waals surface area contributed by atoms with Gasteiger partial charge in [-0.1, -0.05) is 23.7 Å². The fraction of sp³-hybridized carbons (Fsp3) is 0.0833. The van der Waals surface area contributed by atoms with Gasteiger partial charge in [0.1, 0.15) is 6.33 Å². The summed E-state index contributed by atoms with van der Waals surface area (Å²) in [5.41, 5.74) is -0.189. The quantitative estimate of drug-likeness (QED) is 0.528. The highest BCUT2D eigenvalue weighted by atomic mass is 35.5. The molecule has 1 amide bonds. The number of anilines is 1. The number of nitrogens with one attached hydrogen (secondary N) is 1. The smallest absolute Gasteiger partial charge is 0.368 e. The van der Waals surface area contributed by atoms with Gasteiger partial charge in [0.25, 0.3) is 0 Å². The fourth-order valence-corrected chi connectivity index (χ4v) is 1.72. The summed E-state index contributed by atoms with van der Waals surface area (Å²) in [5, 5.41) is 13.2. The number of halogens is 1. The number of hydrogen-bond acceptors (Lipinski definition) is 6. The van der Waals surface area contributed by atoms with Gasteiger partial charge in [-0.3, -0.25) is 14.9 Å². The van der Waals surface area contributed by atoms with Crippen LogP contribution in [-0.4, -0.2) is 20.8 Å².